The second kappa shape index (κ2) is 10.0. The van der Waals surface area contributed by atoms with Crippen LogP contribution in [0, 0.1) is 13.8 Å². The molecule has 44 heavy (non-hydrogen) atoms. The van der Waals surface area contributed by atoms with E-state index >= 15 is 4.39 Å². The Balaban J connectivity index is 1.11. The normalized spacial score (nSPS) is 22.1. The number of anilines is 3. The van der Waals surface area contributed by atoms with E-state index in [1.54, 1.807) is 32.2 Å². The Morgan fingerprint density at radius 3 is 2.57 bits per heavy atom. The first-order chi connectivity index (χ1) is 21.0. The highest BCUT2D eigenvalue weighted by atomic mass is 19.1. The van der Waals surface area contributed by atoms with Crippen molar-refractivity contribution in [3.8, 4) is 0 Å². The number of likely N-dealkylation sites (N-methyl/N-ethyl adjacent to an activating group) is 1. The van der Waals surface area contributed by atoms with Crippen LogP contribution in [0.3, 0.4) is 0 Å². The van der Waals surface area contributed by atoms with Crippen LogP contribution in [0.2, 0.25) is 0 Å². The van der Waals surface area contributed by atoms with Gasteiger partial charge in [-0.15, -0.1) is 0 Å². The van der Waals surface area contributed by atoms with Crippen LogP contribution in [0.25, 0.3) is 5.65 Å². The number of carbonyl (C=O) groups excluding carboxylic acids is 3. The summed E-state index contributed by atoms with van der Waals surface area (Å²) in [6, 6.07) is 4.49. The van der Waals surface area contributed by atoms with Crippen molar-refractivity contribution < 1.29 is 18.8 Å². The van der Waals surface area contributed by atoms with Crippen LogP contribution in [0.15, 0.2) is 36.8 Å². The molecule has 4 amide bonds. The van der Waals surface area contributed by atoms with Gasteiger partial charge in [-0.1, -0.05) is 0 Å². The van der Waals surface area contributed by atoms with Gasteiger partial charge in [0.1, 0.15) is 29.8 Å². The molecule has 4 aromatic heterocycles. The molecule has 226 valence electrons. The van der Waals surface area contributed by atoms with Crippen LogP contribution in [-0.2, 0) is 9.59 Å². The third-order valence-corrected chi connectivity index (χ3v) is 8.38. The highest BCUT2D eigenvalue weighted by molar-refractivity contribution is 6.13. The number of carbonyl (C=O) groups is 3. The minimum atomic E-state index is -2.11. The van der Waals surface area contributed by atoms with Gasteiger partial charge in [0.15, 0.2) is 11.3 Å². The van der Waals surface area contributed by atoms with Crippen molar-refractivity contribution >= 4 is 40.8 Å². The summed E-state index contributed by atoms with van der Waals surface area (Å²) in [7, 11) is 1.48. The number of alkyl halides is 1. The number of urea groups is 1. The van der Waals surface area contributed by atoms with Gasteiger partial charge < -0.3 is 15.0 Å². The van der Waals surface area contributed by atoms with E-state index in [0.717, 1.165) is 23.3 Å². The third-order valence-electron chi connectivity index (χ3n) is 8.38. The van der Waals surface area contributed by atoms with Crippen molar-refractivity contribution in [3.05, 3.63) is 65.4 Å². The summed E-state index contributed by atoms with van der Waals surface area (Å²) in [5.41, 5.74) is 1.51. The van der Waals surface area contributed by atoms with E-state index in [2.05, 4.69) is 30.6 Å². The molecule has 3 atom stereocenters. The van der Waals surface area contributed by atoms with E-state index in [9.17, 15) is 14.4 Å². The number of amides is 4. The number of imidazole rings is 1. The molecule has 1 saturated heterocycles. The topological polar surface area (TPSA) is 151 Å². The van der Waals surface area contributed by atoms with Crippen LogP contribution < -0.4 is 15.5 Å². The van der Waals surface area contributed by atoms with E-state index in [1.807, 2.05) is 29.8 Å². The molecule has 2 aliphatic carbocycles. The SMILES string of the molecule is Cc1ccnc([C@@H]2C[C@@]2(F)C(=O)Nc2cc(N[C@H](C)c3cn4cc(C5CC5)cc(N5CC(=O)N(C)C5=O)c4n3)nc(C)n2)n1. The first-order valence-corrected chi connectivity index (χ1v) is 14.5. The molecule has 3 aliphatic rings. The lowest BCUT2D eigenvalue weighted by molar-refractivity contribution is -0.124. The highest BCUT2D eigenvalue weighted by Gasteiger charge is 2.64. The van der Waals surface area contributed by atoms with E-state index in [0.29, 0.717) is 46.1 Å². The molecular weight excluding hydrogens is 567 g/mol. The zero-order valence-corrected chi connectivity index (χ0v) is 24.7. The molecule has 2 saturated carbocycles. The molecule has 1 aliphatic heterocycles. The zero-order valence-electron chi connectivity index (χ0n) is 24.7. The fourth-order valence-corrected chi connectivity index (χ4v) is 5.60. The Morgan fingerprint density at radius 2 is 1.86 bits per heavy atom. The van der Waals surface area contributed by atoms with E-state index < -0.39 is 17.5 Å². The van der Waals surface area contributed by atoms with Gasteiger partial charge in [-0.3, -0.25) is 19.4 Å². The Hall–Kier alpha value is -5.01. The van der Waals surface area contributed by atoms with Gasteiger partial charge in [0, 0.05) is 43.8 Å². The molecule has 0 aromatic carbocycles. The number of nitrogens with zero attached hydrogens (tertiary/aromatic N) is 8. The number of hydrogen-bond donors (Lipinski definition) is 2. The summed E-state index contributed by atoms with van der Waals surface area (Å²) >= 11 is 0. The fourth-order valence-electron chi connectivity index (χ4n) is 5.60. The summed E-state index contributed by atoms with van der Waals surface area (Å²) < 4.78 is 17.4. The first kappa shape index (κ1) is 27.8. The van der Waals surface area contributed by atoms with Crippen LogP contribution in [0.4, 0.5) is 26.5 Å². The number of aromatic nitrogens is 6. The molecule has 2 N–H and O–H groups in total. The number of rotatable bonds is 8. The third kappa shape index (κ3) is 4.89. The Bertz CT molecular complexity index is 1860. The number of hydrogen-bond acceptors (Lipinski definition) is 9. The van der Waals surface area contributed by atoms with Crippen molar-refractivity contribution in [1.82, 2.24) is 34.2 Å². The van der Waals surface area contributed by atoms with Crippen molar-refractivity contribution in [2.45, 2.75) is 63.6 Å². The van der Waals surface area contributed by atoms with Gasteiger partial charge in [-0.25, -0.2) is 34.1 Å². The predicted octanol–water partition coefficient (Wildman–Crippen LogP) is 3.81. The molecule has 14 heteroatoms. The largest absolute Gasteiger partial charge is 0.362 e. The number of fused-ring (bicyclic) bond motifs is 1. The number of imide groups is 1. The Morgan fingerprint density at radius 1 is 1.09 bits per heavy atom. The van der Waals surface area contributed by atoms with Crippen molar-refractivity contribution in [2.24, 2.45) is 0 Å². The number of pyridine rings is 1. The van der Waals surface area contributed by atoms with Gasteiger partial charge in [-0.2, -0.15) is 0 Å². The summed E-state index contributed by atoms with van der Waals surface area (Å²) in [6.07, 6.45) is 7.62. The van der Waals surface area contributed by atoms with E-state index in [1.165, 1.54) is 11.9 Å². The summed E-state index contributed by atoms with van der Waals surface area (Å²) in [4.78, 5) is 62.6. The van der Waals surface area contributed by atoms with Gasteiger partial charge in [0.25, 0.3) is 5.91 Å². The molecule has 0 bridgehead atoms. The summed E-state index contributed by atoms with van der Waals surface area (Å²) in [5, 5.41) is 5.89. The molecule has 13 nitrogen and oxygen atoms in total. The fraction of sp³-hybridized carbons (Fsp3) is 0.400. The maximum Gasteiger partial charge on any atom is 0.331 e. The molecular formula is C30H31FN10O3. The van der Waals surface area contributed by atoms with Gasteiger partial charge in [0.05, 0.1) is 23.3 Å². The second-order valence-electron chi connectivity index (χ2n) is 11.8. The van der Waals surface area contributed by atoms with Crippen molar-refractivity contribution in [2.75, 3.05) is 29.1 Å². The minimum absolute atomic E-state index is 0.000298. The van der Waals surface area contributed by atoms with Gasteiger partial charge in [-0.05, 0) is 57.2 Å². The van der Waals surface area contributed by atoms with Crippen molar-refractivity contribution in [3.63, 3.8) is 0 Å². The monoisotopic (exact) mass is 598 g/mol. The maximum atomic E-state index is 15.5. The highest BCUT2D eigenvalue weighted by Crippen LogP contribution is 2.54. The number of nitrogens with one attached hydrogen (secondary N) is 2. The number of halogens is 1. The molecule has 5 heterocycles. The molecule has 0 radical (unpaired) electrons. The summed E-state index contributed by atoms with van der Waals surface area (Å²) in [5.74, 6) is -0.0894. The molecule has 7 rings (SSSR count). The van der Waals surface area contributed by atoms with Crippen LogP contribution >= 0.6 is 0 Å². The standard InChI is InChI=1S/C30H31FN10O3/c1-15-7-8-32-26(33-15)20-11-30(20,31)28(43)38-24-10-23(35-17(3)36-24)34-16(2)21-13-40-12-19(18-5-6-18)9-22(27(40)37-21)41-14-25(42)39(4)29(41)44/h7-10,12-13,16,18,20H,5-6,11,14H2,1-4H3,(H2,34,35,36,38,43)/t16-,20+,30+/m1/s1. The maximum absolute atomic E-state index is 15.5. The first-order valence-electron chi connectivity index (χ1n) is 14.5. The smallest absolute Gasteiger partial charge is 0.331 e. The Labute approximate surface area is 251 Å². The average molecular weight is 599 g/mol. The molecule has 0 spiro atoms. The lowest BCUT2D eigenvalue weighted by atomic mass is 10.1. The van der Waals surface area contributed by atoms with Gasteiger partial charge >= 0.3 is 6.03 Å². The molecule has 4 aromatic rings. The van der Waals surface area contributed by atoms with Crippen LogP contribution in [0.5, 0.6) is 0 Å². The second-order valence-corrected chi connectivity index (χ2v) is 11.8. The van der Waals surface area contributed by atoms with Gasteiger partial charge in [0.2, 0.25) is 5.91 Å². The number of aryl methyl sites for hydroxylation is 2. The lowest BCUT2D eigenvalue weighted by Crippen LogP contribution is -2.30. The predicted molar refractivity (Wildman–Crippen MR) is 158 cm³/mol. The molecule has 3 fully saturated rings. The van der Waals surface area contributed by atoms with E-state index in [-0.39, 0.29) is 36.8 Å². The van der Waals surface area contributed by atoms with Crippen LogP contribution in [-0.4, -0.2) is 71.3 Å². The summed E-state index contributed by atoms with van der Waals surface area (Å²) in [6.45, 7) is 5.34. The zero-order chi connectivity index (χ0) is 30.9. The molecule has 0 unspecified atom stereocenters. The van der Waals surface area contributed by atoms with E-state index in [4.69, 9.17) is 4.98 Å². The minimum Gasteiger partial charge on any atom is -0.362 e. The average Bonchev–Trinajstić information content (AvgIpc) is 3.88. The van der Waals surface area contributed by atoms with Crippen molar-refractivity contribution in [1.29, 1.82) is 0 Å². The quantitative estimate of drug-likeness (QED) is 0.289. The Kier molecular flexibility index (Phi) is 6.34. The van der Waals surface area contributed by atoms with Crippen LogP contribution in [0.1, 0.15) is 72.7 Å². The lowest BCUT2D eigenvalue weighted by Gasteiger charge is -2.17.